The molecule has 8 heteroatoms. The zero-order valence-corrected chi connectivity index (χ0v) is 19.2. The minimum absolute atomic E-state index is 0.235. The third kappa shape index (κ3) is 5.48. The van der Waals surface area contributed by atoms with E-state index in [0.717, 1.165) is 27.1 Å². The summed E-state index contributed by atoms with van der Waals surface area (Å²) in [5.74, 6) is 0.305. The molecule has 0 bridgehead atoms. The van der Waals surface area contributed by atoms with Crippen LogP contribution in [-0.4, -0.2) is 39.8 Å². The standard InChI is InChI=1S/C23H25ClN2O4S/c1-16-11-12-19(24)15-21(16)26(31(3,28)29)17(2)23(27)25-13-14-30-22-10-6-8-18-7-4-5-9-20(18)22/h4-12,15,17H,13-14H2,1-3H3,(H,25,27)/t17-/m1/s1. The third-order valence-corrected chi connectivity index (χ3v) is 6.37. The molecule has 31 heavy (non-hydrogen) atoms. The molecular formula is C23H25ClN2O4S. The van der Waals surface area contributed by atoms with Gasteiger partial charge in [0, 0.05) is 10.4 Å². The minimum atomic E-state index is -3.72. The predicted octanol–water partition coefficient (Wildman–Crippen LogP) is 4.15. The highest BCUT2D eigenvalue weighted by atomic mass is 35.5. The fourth-order valence-electron chi connectivity index (χ4n) is 3.41. The highest BCUT2D eigenvalue weighted by Gasteiger charge is 2.30. The molecule has 0 aliphatic carbocycles. The molecule has 164 valence electrons. The summed E-state index contributed by atoms with van der Waals surface area (Å²) in [7, 11) is -3.72. The van der Waals surface area contributed by atoms with Crippen LogP contribution in [0.3, 0.4) is 0 Å². The zero-order chi connectivity index (χ0) is 22.6. The summed E-state index contributed by atoms with van der Waals surface area (Å²) in [5, 5.41) is 5.21. The van der Waals surface area contributed by atoms with Crippen LogP contribution in [0.25, 0.3) is 10.8 Å². The van der Waals surface area contributed by atoms with Crippen LogP contribution in [0.5, 0.6) is 5.75 Å². The molecule has 0 radical (unpaired) electrons. The van der Waals surface area contributed by atoms with Crippen molar-refractivity contribution in [3.05, 3.63) is 71.2 Å². The van der Waals surface area contributed by atoms with E-state index in [0.29, 0.717) is 16.3 Å². The van der Waals surface area contributed by atoms with Gasteiger partial charge in [0.05, 0.1) is 18.5 Å². The molecule has 6 nitrogen and oxygen atoms in total. The Morgan fingerprint density at radius 3 is 2.58 bits per heavy atom. The number of ether oxygens (including phenoxy) is 1. The van der Waals surface area contributed by atoms with Gasteiger partial charge in [-0.2, -0.15) is 0 Å². The van der Waals surface area contributed by atoms with Gasteiger partial charge in [-0.15, -0.1) is 0 Å². The van der Waals surface area contributed by atoms with Gasteiger partial charge in [0.1, 0.15) is 18.4 Å². The molecule has 0 fully saturated rings. The smallest absolute Gasteiger partial charge is 0.243 e. The van der Waals surface area contributed by atoms with Gasteiger partial charge in [-0.3, -0.25) is 9.10 Å². The van der Waals surface area contributed by atoms with Gasteiger partial charge >= 0.3 is 0 Å². The number of anilines is 1. The maximum absolute atomic E-state index is 12.7. The van der Waals surface area contributed by atoms with E-state index < -0.39 is 22.0 Å². The van der Waals surface area contributed by atoms with Crippen LogP contribution < -0.4 is 14.4 Å². The van der Waals surface area contributed by atoms with Crippen LogP contribution in [0.2, 0.25) is 5.02 Å². The van der Waals surface area contributed by atoms with Crippen LogP contribution in [-0.2, 0) is 14.8 Å². The maximum Gasteiger partial charge on any atom is 0.243 e. The van der Waals surface area contributed by atoms with Crippen LogP contribution in [0.1, 0.15) is 12.5 Å². The number of amides is 1. The average Bonchev–Trinajstić information content (AvgIpc) is 2.72. The molecule has 0 saturated heterocycles. The van der Waals surface area contributed by atoms with Gasteiger partial charge in [0.15, 0.2) is 0 Å². The minimum Gasteiger partial charge on any atom is -0.491 e. The Morgan fingerprint density at radius 2 is 1.84 bits per heavy atom. The Bertz CT molecular complexity index is 1190. The van der Waals surface area contributed by atoms with Crippen molar-refractivity contribution in [2.75, 3.05) is 23.7 Å². The van der Waals surface area contributed by atoms with Gasteiger partial charge < -0.3 is 10.1 Å². The SMILES string of the molecule is Cc1ccc(Cl)cc1N([C@H](C)C(=O)NCCOc1cccc2ccccc12)S(C)(=O)=O. The Morgan fingerprint density at radius 1 is 1.13 bits per heavy atom. The summed E-state index contributed by atoms with van der Waals surface area (Å²) in [6, 6.07) is 17.7. The van der Waals surface area contributed by atoms with E-state index in [1.165, 1.54) is 0 Å². The first-order chi connectivity index (χ1) is 14.7. The molecule has 0 aliphatic rings. The van der Waals surface area contributed by atoms with Crippen LogP contribution in [0, 0.1) is 6.92 Å². The number of carbonyl (C=O) groups excluding carboxylic acids is 1. The van der Waals surface area contributed by atoms with Crippen molar-refractivity contribution in [1.82, 2.24) is 5.32 Å². The first-order valence-electron chi connectivity index (χ1n) is 9.82. The summed E-state index contributed by atoms with van der Waals surface area (Å²) in [6.07, 6.45) is 1.07. The fourth-order valence-corrected chi connectivity index (χ4v) is 4.80. The van der Waals surface area contributed by atoms with Crippen molar-refractivity contribution >= 4 is 44.0 Å². The molecule has 3 aromatic carbocycles. The number of carbonyl (C=O) groups is 1. The molecule has 1 N–H and O–H groups in total. The molecule has 0 saturated carbocycles. The number of hydrogen-bond donors (Lipinski definition) is 1. The molecule has 0 aromatic heterocycles. The molecule has 3 aromatic rings. The van der Waals surface area contributed by atoms with Crippen molar-refractivity contribution in [1.29, 1.82) is 0 Å². The topological polar surface area (TPSA) is 75.7 Å². The van der Waals surface area contributed by atoms with Crippen LogP contribution in [0.15, 0.2) is 60.7 Å². The Hall–Kier alpha value is -2.77. The monoisotopic (exact) mass is 460 g/mol. The number of aryl methyl sites for hydroxylation is 1. The van der Waals surface area contributed by atoms with Crippen LogP contribution >= 0.6 is 11.6 Å². The fraction of sp³-hybridized carbons (Fsp3) is 0.261. The van der Waals surface area contributed by atoms with E-state index in [-0.39, 0.29) is 13.2 Å². The second-order valence-electron chi connectivity index (χ2n) is 7.28. The van der Waals surface area contributed by atoms with Crippen molar-refractivity contribution in [3.63, 3.8) is 0 Å². The average molecular weight is 461 g/mol. The molecule has 0 heterocycles. The van der Waals surface area contributed by atoms with E-state index >= 15 is 0 Å². The summed E-state index contributed by atoms with van der Waals surface area (Å²) in [4.78, 5) is 12.7. The molecule has 0 spiro atoms. The number of fused-ring (bicyclic) bond motifs is 1. The molecule has 3 rings (SSSR count). The summed E-state index contributed by atoms with van der Waals surface area (Å²) in [5.41, 5.74) is 1.08. The summed E-state index contributed by atoms with van der Waals surface area (Å²) < 4.78 is 31.8. The molecular weight excluding hydrogens is 436 g/mol. The predicted molar refractivity (Wildman–Crippen MR) is 125 cm³/mol. The number of rotatable bonds is 8. The molecule has 0 aliphatic heterocycles. The zero-order valence-electron chi connectivity index (χ0n) is 17.6. The second-order valence-corrected chi connectivity index (χ2v) is 9.58. The third-order valence-electron chi connectivity index (χ3n) is 4.91. The Balaban J connectivity index is 1.66. The quantitative estimate of drug-likeness (QED) is 0.512. The second kappa shape index (κ2) is 9.58. The molecule has 1 amide bonds. The largest absolute Gasteiger partial charge is 0.491 e. The van der Waals surface area contributed by atoms with E-state index in [4.69, 9.17) is 16.3 Å². The number of sulfonamides is 1. The van der Waals surface area contributed by atoms with Gasteiger partial charge in [0.2, 0.25) is 15.9 Å². The first-order valence-corrected chi connectivity index (χ1v) is 12.0. The lowest BCUT2D eigenvalue weighted by molar-refractivity contribution is -0.121. The van der Waals surface area contributed by atoms with Crippen molar-refractivity contribution in [2.24, 2.45) is 0 Å². The van der Waals surface area contributed by atoms with Gasteiger partial charge in [-0.1, -0.05) is 54.1 Å². The number of halogens is 1. The van der Waals surface area contributed by atoms with E-state index in [1.807, 2.05) is 42.5 Å². The highest BCUT2D eigenvalue weighted by Crippen LogP contribution is 2.28. The lowest BCUT2D eigenvalue weighted by Gasteiger charge is -2.29. The Labute approximate surface area is 187 Å². The van der Waals surface area contributed by atoms with Crippen molar-refractivity contribution in [2.45, 2.75) is 19.9 Å². The van der Waals surface area contributed by atoms with Gasteiger partial charge in [-0.05, 0) is 43.0 Å². The van der Waals surface area contributed by atoms with E-state index in [9.17, 15) is 13.2 Å². The molecule has 0 unspecified atom stereocenters. The maximum atomic E-state index is 12.7. The van der Waals surface area contributed by atoms with E-state index in [1.54, 1.807) is 32.0 Å². The van der Waals surface area contributed by atoms with Crippen molar-refractivity contribution < 1.29 is 17.9 Å². The van der Waals surface area contributed by atoms with Gasteiger partial charge in [-0.25, -0.2) is 8.42 Å². The Kier molecular flexibility index (Phi) is 7.08. The van der Waals surface area contributed by atoms with Crippen molar-refractivity contribution in [3.8, 4) is 5.75 Å². The lowest BCUT2D eigenvalue weighted by Crippen LogP contribution is -2.48. The lowest BCUT2D eigenvalue weighted by atomic mass is 10.1. The molecule has 1 atom stereocenters. The summed E-state index contributed by atoms with van der Waals surface area (Å²) >= 11 is 6.06. The van der Waals surface area contributed by atoms with E-state index in [2.05, 4.69) is 5.32 Å². The highest BCUT2D eigenvalue weighted by molar-refractivity contribution is 7.92. The summed E-state index contributed by atoms with van der Waals surface area (Å²) in [6.45, 7) is 3.80. The normalized spacial score (nSPS) is 12.4. The van der Waals surface area contributed by atoms with Crippen LogP contribution in [0.4, 0.5) is 5.69 Å². The number of hydrogen-bond acceptors (Lipinski definition) is 4. The van der Waals surface area contributed by atoms with Gasteiger partial charge in [0.25, 0.3) is 0 Å². The number of nitrogens with one attached hydrogen (secondary N) is 1. The number of benzene rings is 3. The first kappa shape index (κ1) is 22.9. The number of nitrogens with zero attached hydrogens (tertiary/aromatic N) is 1.